The number of nitrogens with one attached hydrogen (secondary N) is 1. The van der Waals surface area contributed by atoms with Gasteiger partial charge in [0.15, 0.2) is 0 Å². The molecule has 1 aromatic carbocycles. The maximum absolute atomic E-state index is 11.7. The zero-order chi connectivity index (χ0) is 15.5. The lowest BCUT2D eigenvalue weighted by Gasteiger charge is -2.08. The molecule has 0 spiro atoms. The number of nitrogen functional groups attached to an aromatic ring is 1. The minimum atomic E-state index is -0.0144. The molecule has 1 amide bonds. The Hall–Kier alpha value is -1.59. The minimum absolute atomic E-state index is 0.0144. The Balaban J connectivity index is 2.00. The van der Waals surface area contributed by atoms with Crippen molar-refractivity contribution in [2.75, 3.05) is 37.5 Å². The van der Waals surface area contributed by atoms with Gasteiger partial charge in [-0.2, -0.15) is 0 Å². The second-order valence-corrected chi connectivity index (χ2v) is 5.35. The van der Waals surface area contributed by atoms with Crippen molar-refractivity contribution in [3.63, 3.8) is 0 Å². The lowest BCUT2D eigenvalue weighted by Crippen LogP contribution is -2.13. The number of anilines is 2. The molecule has 3 N–H and O–H groups in total. The largest absolute Gasteiger partial charge is 0.399 e. The first kappa shape index (κ1) is 17.5. The summed E-state index contributed by atoms with van der Waals surface area (Å²) in [5.74, 6) is 0.529. The van der Waals surface area contributed by atoms with E-state index < -0.39 is 0 Å². The van der Waals surface area contributed by atoms with Gasteiger partial charge in [-0.05, 0) is 36.6 Å². The quantitative estimate of drug-likeness (QED) is 0.514. The average Bonchev–Trinajstić information content (AvgIpc) is 2.44. The highest BCUT2D eigenvalue weighted by Crippen LogP contribution is 2.10. The molecule has 0 radical (unpaired) electrons. The molecule has 5 heteroatoms. The van der Waals surface area contributed by atoms with Gasteiger partial charge in [-0.1, -0.05) is 13.8 Å². The fourth-order valence-electron chi connectivity index (χ4n) is 1.66. The van der Waals surface area contributed by atoms with Crippen molar-refractivity contribution in [1.82, 2.24) is 0 Å². The van der Waals surface area contributed by atoms with Gasteiger partial charge in [0, 0.05) is 31.0 Å². The second kappa shape index (κ2) is 10.2. The Morgan fingerprint density at radius 1 is 1.14 bits per heavy atom. The third kappa shape index (κ3) is 9.05. The molecule has 5 nitrogen and oxygen atoms in total. The number of ether oxygens (including phenoxy) is 2. The summed E-state index contributed by atoms with van der Waals surface area (Å²) in [5.41, 5.74) is 7.03. The van der Waals surface area contributed by atoms with Crippen LogP contribution in [-0.4, -0.2) is 32.3 Å². The smallest absolute Gasteiger partial charge is 0.224 e. The van der Waals surface area contributed by atoms with Crippen LogP contribution in [0.5, 0.6) is 0 Å². The lowest BCUT2D eigenvalue weighted by molar-refractivity contribution is -0.116. The van der Waals surface area contributed by atoms with Gasteiger partial charge in [0.05, 0.1) is 13.2 Å². The summed E-state index contributed by atoms with van der Waals surface area (Å²) in [6.07, 6.45) is 1.14. The maximum Gasteiger partial charge on any atom is 0.224 e. The summed E-state index contributed by atoms with van der Waals surface area (Å²) in [5, 5.41) is 2.82. The van der Waals surface area contributed by atoms with E-state index >= 15 is 0 Å². The summed E-state index contributed by atoms with van der Waals surface area (Å²) in [4.78, 5) is 11.7. The predicted octanol–water partition coefficient (Wildman–Crippen LogP) is 2.68. The van der Waals surface area contributed by atoms with Gasteiger partial charge < -0.3 is 20.5 Å². The molecule has 21 heavy (non-hydrogen) atoms. The number of carbonyl (C=O) groups excluding carboxylic acids is 1. The molecule has 0 unspecified atom stereocenters. The van der Waals surface area contributed by atoms with Crippen molar-refractivity contribution in [2.45, 2.75) is 26.7 Å². The third-order valence-corrected chi connectivity index (χ3v) is 2.71. The number of carbonyl (C=O) groups is 1. The molecule has 1 aromatic rings. The van der Waals surface area contributed by atoms with E-state index in [1.165, 1.54) is 0 Å². The first-order valence-corrected chi connectivity index (χ1v) is 7.39. The van der Waals surface area contributed by atoms with Gasteiger partial charge in [-0.15, -0.1) is 0 Å². The van der Waals surface area contributed by atoms with Crippen LogP contribution in [-0.2, 0) is 14.3 Å². The fraction of sp³-hybridized carbons (Fsp3) is 0.562. The van der Waals surface area contributed by atoms with E-state index in [2.05, 4.69) is 19.2 Å². The Morgan fingerprint density at radius 3 is 2.48 bits per heavy atom. The fourth-order valence-corrected chi connectivity index (χ4v) is 1.66. The molecule has 0 bridgehead atoms. The Labute approximate surface area is 126 Å². The predicted molar refractivity (Wildman–Crippen MR) is 85.2 cm³/mol. The van der Waals surface area contributed by atoms with Crippen LogP contribution in [0.1, 0.15) is 26.7 Å². The lowest BCUT2D eigenvalue weighted by atomic mass is 10.2. The molecular formula is C16H26N2O3. The van der Waals surface area contributed by atoms with Crippen molar-refractivity contribution in [3.05, 3.63) is 24.3 Å². The van der Waals surface area contributed by atoms with Crippen molar-refractivity contribution in [3.8, 4) is 0 Å². The highest BCUT2D eigenvalue weighted by atomic mass is 16.5. The summed E-state index contributed by atoms with van der Waals surface area (Å²) in [7, 11) is 0. The SMILES string of the molecule is CC(C)COCCOCCCC(=O)Nc1ccc(N)cc1. The first-order chi connectivity index (χ1) is 10.1. The minimum Gasteiger partial charge on any atom is -0.399 e. The number of nitrogens with two attached hydrogens (primary N) is 1. The molecule has 0 aliphatic heterocycles. The maximum atomic E-state index is 11.7. The van der Waals surface area contributed by atoms with E-state index in [4.69, 9.17) is 15.2 Å². The van der Waals surface area contributed by atoms with Crippen LogP contribution >= 0.6 is 0 Å². The van der Waals surface area contributed by atoms with Crippen molar-refractivity contribution < 1.29 is 14.3 Å². The molecule has 0 fully saturated rings. The van der Waals surface area contributed by atoms with E-state index in [9.17, 15) is 4.79 Å². The molecule has 0 heterocycles. The summed E-state index contributed by atoms with van der Waals surface area (Å²) in [6, 6.07) is 7.09. The summed E-state index contributed by atoms with van der Waals surface area (Å²) < 4.78 is 10.8. The zero-order valence-corrected chi connectivity index (χ0v) is 12.9. The van der Waals surface area contributed by atoms with E-state index in [1.807, 2.05) is 0 Å². The Kier molecular flexibility index (Phi) is 8.47. The van der Waals surface area contributed by atoms with Gasteiger partial charge in [-0.25, -0.2) is 0 Å². The molecule has 0 aliphatic rings. The molecule has 118 valence electrons. The Bertz CT molecular complexity index is 404. The van der Waals surface area contributed by atoms with E-state index in [1.54, 1.807) is 24.3 Å². The first-order valence-electron chi connectivity index (χ1n) is 7.39. The Morgan fingerprint density at radius 2 is 1.81 bits per heavy atom. The molecule has 1 rings (SSSR count). The topological polar surface area (TPSA) is 73.6 Å². The van der Waals surface area contributed by atoms with Crippen LogP contribution in [0.2, 0.25) is 0 Å². The summed E-state index contributed by atoms with van der Waals surface area (Å²) >= 11 is 0. The highest BCUT2D eigenvalue weighted by Gasteiger charge is 2.02. The van der Waals surface area contributed by atoms with Crippen LogP contribution < -0.4 is 11.1 Å². The number of hydrogen-bond acceptors (Lipinski definition) is 4. The molecule has 0 aromatic heterocycles. The van der Waals surface area contributed by atoms with Crippen LogP contribution in [0.3, 0.4) is 0 Å². The average molecular weight is 294 g/mol. The summed E-state index contributed by atoms with van der Waals surface area (Å²) in [6.45, 7) is 6.73. The molecule has 0 saturated carbocycles. The van der Waals surface area contributed by atoms with Gasteiger partial charge >= 0.3 is 0 Å². The number of hydrogen-bond donors (Lipinski definition) is 2. The van der Waals surface area contributed by atoms with E-state index in [0.29, 0.717) is 44.3 Å². The zero-order valence-electron chi connectivity index (χ0n) is 12.9. The van der Waals surface area contributed by atoms with Crippen LogP contribution in [0.15, 0.2) is 24.3 Å². The van der Waals surface area contributed by atoms with Gasteiger partial charge in [0.2, 0.25) is 5.91 Å². The second-order valence-electron chi connectivity index (χ2n) is 5.35. The monoisotopic (exact) mass is 294 g/mol. The highest BCUT2D eigenvalue weighted by molar-refractivity contribution is 5.90. The van der Waals surface area contributed by atoms with Gasteiger partial charge in [0.1, 0.15) is 0 Å². The van der Waals surface area contributed by atoms with Crippen molar-refractivity contribution in [2.24, 2.45) is 5.92 Å². The normalized spacial score (nSPS) is 10.8. The number of rotatable bonds is 10. The van der Waals surface area contributed by atoms with Crippen LogP contribution in [0.4, 0.5) is 11.4 Å². The van der Waals surface area contributed by atoms with Gasteiger partial charge in [-0.3, -0.25) is 4.79 Å². The van der Waals surface area contributed by atoms with Crippen molar-refractivity contribution in [1.29, 1.82) is 0 Å². The molecular weight excluding hydrogens is 268 g/mol. The van der Waals surface area contributed by atoms with E-state index in [0.717, 1.165) is 12.3 Å². The van der Waals surface area contributed by atoms with Crippen LogP contribution in [0, 0.1) is 5.92 Å². The van der Waals surface area contributed by atoms with E-state index in [-0.39, 0.29) is 5.91 Å². The molecule has 0 saturated heterocycles. The number of amides is 1. The van der Waals surface area contributed by atoms with Crippen LogP contribution in [0.25, 0.3) is 0 Å². The molecule has 0 atom stereocenters. The van der Waals surface area contributed by atoms with Gasteiger partial charge in [0.25, 0.3) is 0 Å². The standard InChI is InChI=1S/C16H26N2O3/c1-13(2)12-21-11-10-20-9-3-4-16(19)18-15-7-5-14(17)6-8-15/h5-8,13H,3-4,9-12,17H2,1-2H3,(H,18,19). The number of benzene rings is 1. The third-order valence-electron chi connectivity index (χ3n) is 2.71. The molecule has 0 aliphatic carbocycles. The van der Waals surface area contributed by atoms with Crippen molar-refractivity contribution >= 4 is 17.3 Å².